The van der Waals surface area contributed by atoms with Gasteiger partial charge in [-0.2, -0.15) is 0 Å². The first-order valence-electron chi connectivity index (χ1n) is 5.29. The van der Waals surface area contributed by atoms with Crippen molar-refractivity contribution in [1.82, 2.24) is 0 Å². The van der Waals surface area contributed by atoms with Crippen LogP contribution in [0.3, 0.4) is 0 Å². The zero-order valence-corrected chi connectivity index (χ0v) is 10.8. The highest BCUT2D eigenvalue weighted by Gasteiger charge is 1.99. The van der Waals surface area contributed by atoms with Crippen LogP contribution < -0.4 is 5.32 Å². The van der Waals surface area contributed by atoms with Crippen molar-refractivity contribution in [3.05, 3.63) is 64.1 Å². The van der Waals surface area contributed by atoms with Gasteiger partial charge in [0.15, 0.2) is 0 Å². The van der Waals surface area contributed by atoms with Crippen LogP contribution in [0.25, 0.3) is 0 Å². The average Bonchev–Trinajstić information content (AvgIpc) is 2.29. The topological polar surface area (TPSA) is 12.0 Å². The molecule has 0 bridgehead atoms. The highest BCUT2D eigenvalue weighted by Crippen LogP contribution is 2.23. The Morgan fingerprint density at radius 3 is 2.50 bits per heavy atom. The summed E-state index contributed by atoms with van der Waals surface area (Å²) < 4.78 is 1.11. The van der Waals surface area contributed by atoms with Gasteiger partial charge in [-0.05, 0) is 46.1 Å². The van der Waals surface area contributed by atoms with Crippen LogP contribution in [0, 0.1) is 6.92 Å². The standard InChI is InChI=1S/C14H14BrN/c1-11-7-8-14(13(15)9-11)16-10-12-5-3-2-4-6-12/h2-9,16H,10H2,1H3. The van der Waals surface area contributed by atoms with Crippen molar-refractivity contribution in [2.45, 2.75) is 13.5 Å². The highest BCUT2D eigenvalue weighted by molar-refractivity contribution is 9.10. The van der Waals surface area contributed by atoms with E-state index in [4.69, 9.17) is 0 Å². The molecular weight excluding hydrogens is 262 g/mol. The predicted octanol–water partition coefficient (Wildman–Crippen LogP) is 4.37. The van der Waals surface area contributed by atoms with E-state index in [0.717, 1.165) is 16.7 Å². The smallest absolute Gasteiger partial charge is 0.0487 e. The van der Waals surface area contributed by atoms with Gasteiger partial charge in [-0.25, -0.2) is 0 Å². The molecule has 16 heavy (non-hydrogen) atoms. The number of nitrogens with one attached hydrogen (secondary N) is 1. The van der Waals surface area contributed by atoms with Crippen molar-refractivity contribution < 1.29 is 0 Å². The predicted molar refractivity (Wildman–Crippen MR) is 72.6 cm³/mol. The van der Waals surface area contributed by atoms with E-state index in [1.54, 1.807) is 0 Å². The maximum absolute atomic E-state index is 3.56. The fourth-order valence-corrected chi connectivity index (χ4v) is 2.19. The molecule has 0 unspecified atom stereocenters. The molecular formula is C14H14BrN. The Kier molecular flexibility index (Phi) is 3.62. The van der Waals surface area contributed by atoms with Crippen LogP contribution in [-0.2, 0) is 6.54 Å². The fourth-order valence-electron chi connectivity index (χ4n) is 1.56. The molecule has 82 valence electrons. The lowest BCUT2D eigenvalue weighted by Crippen LogP contribution is -1.99. The molecule has 2 aromatic rings. The van der Waals surface area contributed by atoms with Crippen LogP contribution in [0.2, 0.25) is 0 Å². The van der Waals surface area contributed by atoms with E-state index in [9.17, 15) is 0 Å². The Balaban J connectivity index is 2.05. The summed E-state index contributed by atoms with van der Waals surface area (Å²) in [5, 5.41) is 3.41. The number of halogens is 1. The van der Waals surface area contributed by atoms with Gasteiger partial charge in [-0.1, -0.05) is 36.4 Å². The summed E-state index contributed by atoms with van der Waals surface area (Å²) in [7, 11) is 0. The molecule has 0 aliphatic rings. The summed E-state index contributed by atoms with van der Waals surface area (Å²) in [6.45, 7) is 2.94. The molecule has 2 aromatic carbocycles. The van der Waals surface area contributed by atoms with E-state index < -0.39 is 0 Å². The minimum absolute atomic E-state index is 0.850. The zero-order valence-electron chi connectivity index (χ0n) is 9.20. The van der Waals surface area contributed by atoms with Gasteiger partial charge in [0.2, 0.25) is 0 Å². The Labute approximate surface area is 105 Å². The van der Waals surface area contributed by atoms with E-state index in [2.05, 4.69) is 70.6 Å². The Hall–Kier alpha value is -1.28. The van der Waals surface area contributed by atoms with Crippen molar-refractivity contribution in [3.63, 3.8) is 0 Å². The van der Waals surface area contributed by atoms with Crippen molar-refractivity contribution in [1.29, 1.82) is 0 Å². The molecule has 1 nitrogen and oxygen atoms in total. The van der Waals surface area contributed by atoms with E-state index in [-0.39, 0.29) is 0 Å². The van der Waals surface area contributed by atoms with E-state index in [1.165, 1.54) is 11.1 Å². The van der Waals surface area contributed by atoms with Gasteiger partial charge in [0.1, 0.15) is 0 Å². The first-order valence-corrected chi connectivity index (χ1v) is 6.09. The monoisotopic (exact) mass is 275 g/mol. The minimum Gasteiger partial charge on any atom is -0.380 e. The third-order valence-electron chi connectivity index (χ3n) is 2.45. The van der Waals surface area contributed by atoms with Crippen LogP contribution in [0.5, 0.6) is 0 Å². The molecule has 2 rings (SSSR count). The fraction of sp³-hybridized carbons (Fsp3) is 0.143. The second-order valence-electron chi connectivity index (χ2n) is 3.82. The lowest BCUT2D eigenvalue weighted by atomic mass is 10.2. The molecule has 0 aliphatic heterocycles. The summed E-state index contributed by atoms with van der Waals surface area (Å²) in [4.78, 5) is 0. The molecule has 0 aromatic heterocycles. The number of hydrogen-bond acceptors (Lipinski definition) is 1. The molecule has 2 heteroatoms. The maximum atomic E-state index is 3.56. The third-order valence-corrected chi connectivity index (χ3v) is 3.11. The number of aryl methyl sites for hydroxylation is 1. The van der Waals surface area contributed by atoms with Gasteiger partial charge >= 0.3 is 0 Å². The molecule has 0 saturated heterocycles. The third kappa shape index (κ3) is 2.86. The maximum Gasteiger partial charge on any atom is 0.0487 e. The summed E-state index contributed by atoms with van der Waals surface area (Å²) in [5.74, 6) is 0. The molecule has 1 N–H and O–H groups in total. The van der Waals surface area contributed by atoms with E-state index in [0.29, 0.717) is 0 Å². The van der Waals surface area contributed by atoms with Gasteiger partial charge in [-0.3, -0.25) is 0 Å². The lowest BCUT2D eigenvalue weighted by molar-refractivity contribution is 1.14. The van der Waals surface area contributed by atoms with Crippen LogP contribution in [-0.4, -0.2) is 0 Å². The summed E-state index contributed by atoms with van der Waals surface area (Å²) in [6.07, 6.45) is 0. The van der Waals surface area contributed by atoms with Crippen molar-refractivity contribution in [2.24, 2.45) is 0 Å². The summed E-state index contributed by atoms with van der Waals surface area (Å²) in [5.41, 5.74) is 3.68. The number of benzene rings is 2. The molecule has 0 fully saturated rings. The van der Waals surface area contributed by atoms with Gasteiger partial charge in [0, 0.05) is 16.7 Å². The van der Waals surface area contributed by atoms with E-state index >= 15 is 0 Å². The molecule has 0 aliphatic carbocycles. The first-order chi connectivity index (χ1) is 7.75. The second kappa shape index (κ2) is 5.17. The number of hydrogen-bond donors (Lipinski definition) is 1. The lowest BCUT2D eigenvalue weighted by Gasteiger charge is -2.09. The Bertz CT molecular complexity index is 465. The first kappa shape index (κ1) is 11.2. The Morgan fingerprint density at radius 1 is 1.06 bits per heavy atom. The molecule has 0 saturated carbocycles. The van der Waals surface area contributed by atoms with Crippen LogP contribution in [0.4, 0.5) is 5.69 Å². The summed E-state index contributed by atoms with van der Waals surface area (Å²) in [6, 6.07) is 16.7. The Morgan fingerprint density at radius 2 is 1.81 bits per heavy atom. The van der Waals surface area contributed by atoms with Gasteiger partial charge < -0.3 is 5.32 Å². The minimum atomic E-state index is 0.850. The molecule has 0 amide bonds. The van der Waals surface area contributed by atoms with Crippen molar-refractivity contribution in [2.75, 3.05) is 5.32 Å². The van der Waals surface area contributed by atoms with Crippen LogP contribution >= 0.6 is 15.9 Å². The SMILES string of the molecule is Cc1ccc(NCc2ccccc2)c(Br)c1. The van der Waals surface area contributed by atoms with Gasteiger partial charge in [0.25, 0.3) is 0 Å². The molecule has 0 heterocycles. The van der Waals surface area contributed by atoms with Gasteiger partial charge in [0.05, 0.1) is 0 Å². The normalized spacial score (nSPS) is 10.1. The summed E-state index contributed by atoms with van der Waals surface area (Å²) >= 11 is 3.56. The largest absolute Gasteiger partial charge is 0.380 e. The van der Waals surface area contributed by atoms with Gasteiger partial charge in [-0.15, -0.1) is 0 Å². The number of rotatable bonds is 3. The van der Waals surface area contributed by atoms with Crippen molar-refractivity contribution in [3.8, 4) is 0 Å². The molecule has 0 radical (unpaired) electrons. The zero-order chi connectivity index (χ0) is 11.4. The van der Waals surface area contributed by atoms with Crippen LogP contribution in [0.1, 0.15) is 11.1 Å². The average molecular weight is 276 g/mol. The molecule has 0 spiro atoms. The second-order valence-corrected chi connectivity index (χ2v) is 4.68. The van der Waals surface area contributed by atoms with Crippen LogP contribution in [0.15, 0.2) is 53.0 Å². The van der Waals surface area contributed by atoms with Crippen molar-refractivity contribution >= 4 is 21.6 Å². The quantitative estimate of drug-likeness (QED) is 0.877. The molecule has 0 atom stereocenters. The highest BCUT2D eigenvalue weighted by atomic mass is 79.9. The number of anilines is 1. The van der Waals surface area contributed by atoms with E-state index in [1.807, 2.05) is 6.07 Å².